The van der Waals surface area contributed by atoms with E-state index in [0.29, 0.717) is 24.9 Å². The van der Waals surface area contributed by atoms with E-state index in [4.69, 9.17) is 9.72 Å². The van der Waals surface area contributed by atoms with Gasteiger partial charge in [-0.25, -0.2) is 19.9 Å². The summed E-state index contributed by atoms with van der Waals surface area (Å²) in [5.74, 6) is 0.190. The van der Waals surface area contributed by atoms with E-state index in [1.807, 2.05) is 25.8 Å². The van der Waals surface area contributed by atoms with Crippen LogP contribution in [0.15, 0.2) is 30.7 Å². The lowest BCUT2D eigenvalue weighted by Crippen LogP contribution is -2.60. The fraction of sp³-hybridized carbons (Fsp3) is 0.391. The quantitative estimate of drug-likeness (QED) is 0.562. The monoisotopic (exact) mass is 500 g/mol. The molecule has 5 rings (SSSR count). The molecule has 5 heterocycles. The van der Waals surface area contributed by atoms with Gasteiger partial charge in [0.1, 0.15) is 11.2 Å². The van der Waals surface area contributed by atoms with Gasteiger partial charge in [0.05, 0.1) is 18.1 Å². The van der Waals surface area contributed by atoms with Gasteiger partial charge in [0.2, 0.25) is 17.7 Å². The number of hydrogen-bond acceptors (Lipinski definition) is 9. The van der Waals surface area contributed by atoms with Gasteiger partial charge in [-0.3, -0.25) is 4.79 Å². The highest BCUT2D eigenvalue weighted by atomic mass is 19.4. The maximum atomic E-state index is 13.0. The van der Waals surface area contributed by atoms with Gasteiger partial charge < -0.3 is 19.9 Å². The molecule has 36 heavy (non-hydrogen) atoms. The van der Waals surface area contributed by atoms with E-state index in [9.17, 15) is 18.0 Å². The third kappa shape index (κ3) is 4.25. The van der Waals surface area contributed by atoms with Crippen molar-refractivity contribution in [3.63, 3.8) is 0 Å². The summed E-state index contributed by atoms with van der Waals surface area (Å²) in [7, 11) is 1.86. The number of aromatic nitrogens is 5. The summed E-state index contributed by atoms with van der Waals surface area (Å²) in [5, 5.41) is 3.21. The Bertz CT molecular complexity index is 1300. The molecule has 0 fully saturated rings. The smallest absolute Gasteiger partial charge is 0.436 e. The number of anilines is 3. The van der Waals surface area contributed by atoms with Crippen molar-refractivity contribution in [1.29, 1.82) is 0 Å². The Morgan fingerprint density at radius 2 is 1.86 bits per heavy atom. The van der Waals surface area contributed by atoms with Gasteiger partial charge in [0.25, 0.3) is 5.91 Å². The lowest BCUT2D eigenvalue weighted by molar-refractivity contribution is -0.145. The molecule has 0 unspecified atom stereocenters. The minimum absolute atomic E-state index is 0.0392. The summed E-state index contributed by atoms with van der Waals surface area (Å²) in [6.07, 6.45) is 0.445. The highest BCUT2D eigenvalue weighted by Crippen LogP contribution is 2.42. The van der Waals surface area contributed by atoms with Crippen LogP contribution < -0.4 is 19.9 Å². The van der Waals surface area contributed by atoms with Crippen LogP contribution in [0.3, 0.4) is 0 Å². The van der Waals surface area contributed by atoms with E-state index >= 15 is 0 Å². The number of amides is 1. The lowest BCUT2D eigenvalue weighted by Gasteiger charge is -2.47. The molecule has 10 nitrogen and oxygen atoms in total. The second-order valence-electron chi connectivity index (χ2n) is 9.04. The first-order valence-electron chi connectivity index (χ1n) is 11.3. The van der Waals surface area contributed by atoms with Crippen LogP contribution in [0, 0.1) is 0 Å². The molecule has 3 aromatic heterocycles. The Hall–Kier alpha value is -4.03. The number of rotatable bonds is 5. The van der Waals surface area contributed by atoms with Crippen molar-refractivity contribution in [2.45, 2.75) is 44.9 Å². The Morgan fingerprint density at radius 3 is 2.53 bits per heavy atom. The number of carbonyl (C=O) groups is 1. The molecule has 0 saturated carbocycles. The number of ether oxygens (including phenoxy) is 1. The predicted molar refractivity (Wildman–Crippen MR) is 124 cm³/mol. The highest BCUT2D eigenvalue weighted by Gasteiger charge is 2.46. The zero-order chi connectivity index (χ0) is 25.7. The largest absolute Gasteiger partial charge is 0.451 e. The minimum atomic E-state index is -4.62. The van der Waals surface area contributed by atoms with Crippen LogP contribution in [0.1, 0.15) is 37.4 Å². The van der Waals surface area contributed by atoms with Crippen molar-refractivity contribution >= 4 is 23.4 Å². The molecule has 1 amide bonds. The van der Waals surface area contributed by atoms with E-state index in [-0.39, 0.29) is 17.5 Å². The Balaban J connectivity index is 1.28. The van der Waals surface area contributed by atoms with Gasteiger partial charge in [-0.05, 0) is 32.3 Å². The molecular weight excluding hydrogens is 477 g/mol. The number of alkyl halides is 3. The zero-order valence-electron chi connectivity index (χ0n) is 19.8. The summed E-state index contributed by atoms with van der Waals surface area (Å²) in [5.41, 5.74) is 1.72. The molecule has 1 N–H and O–H groups in total. The number of halogens is 3. The number of aryl methyl sites for hydroxylation is 1. The Kier molecular flexibility index (Phi) is 5.64. The van der Waals surface area contributed by atoms with E-state index in [1.165, 1.54) is 0 Å². The van der Waals surface area contributed by atoms with Crippen LogP contribution in [0.2, 0.25) is 0 Å². The van der Waals surface area contributed by atoms with E-state index in [2.05, 4.69) is 25.3 Å². The molecule has 0 spiro atoms. The summed E-state index contributed by atoms with van der Waals surface area (Å²) in [6, 6.07) is 3.35. The predicted octanol–water partition coefficient (Wildman–Crippen LogP) is 3.59. The highest BCUT2D eigenvalue weighted by molar-refractivity contribution is 6.08. The summed E-state index contributed by atoms with van der Waals surface area (Å²) >= 11 is 0. The number of hydrogen-bond donors (Lipinski definition) is 1. The van der Waals surface area contributed by atoms with Crippen LogP contribution in [-0.2, 0) is 23.9 Å². The molecular formula is C23H23F3N8O2. The molecule has 188 valence electrons. The average Bonchev–Trinajstić information content (AvgIpc) is 2.85. The topological polar surface area (TPSA) is 109 Å². The fourth-order valence-corrected chi connectivity index (χ4v) is 4.10. The second kappa shape index (κ2) is 8.57. The first-order valence-corrected chi connectivity index (χ1v) is 11.3. The Labute approximate surface area is 204 Å². The van der Waals surface area contributed by atoms with Gasteiger partial charge in [-0.2, -0.15) is 18.2 Å². The van der Waals surface area contributed by atoms with Crippen molar-refractivity contribution in [2.24, 2.45) is 0 Å². The molecule has 0 radical (unpaired) electrons. The summed E-state index contributed by atoms with van der Waals surface area (Å²) in [6.45, 7) is 4.80. The number of carbonyl (C=O) groups excluding carboxylic acids is 1. The third-order valence-corrected chi connectivity index (χ3v) is 6.28. The maximum absolute atomic E-state index is 13.0. The molecule has 2 aliphatic rings. The second-order valence-corrected chi connectivity index (χ2v) is 9.04. The Morgan fingerprint density at radius 1 is 1.11 bits per heavy atom. The van der Waals surface area contributed by atoms with Crippen molar-refractivity contribution in [3.8, 4) is 11.6 Å². The molecule has 3 aromatic rings. The van der Waals surface area contributed by atoms with E-state index in [0.717, 1.165) is 42.2 Å². The van der Waals surface area contributed by atoms with Crippen LogP contribution in [0.5, 0.6) is 11.6 Å². The SMILES string of the molecule is CN1c2nc(NCc3ccc(Oc4cnc(C(F)(F)F)nc4)nc3)nc3c2N(CCC3)C(=O)C1(C)C. The van der Waals surface area contributed by atoms with Crippen molar-refractivity contribution in [3.05, 3.63) is 47.8 Å². The van der Waals surface area contributed by atoms with E-state index in [1.54, 1.807) is 23.2 Å². The normalized spacial score (nSPS) is 16.6. The fourth-order valence-electron chi connectivity index (χ4n) is 4.10. The van der Waals surface area contributed by atoms with Gasteiger partial charge in [-0.1, -0.05) is 6.07 Å². The number of nitrogens with zero attached hydrogens (tertiary/aromatic N) is 7. The first kappa shape index (κ1) is 23.7. The van der Waals surface area contributed by atoms with Crippen molar-refractivity contribution < 1.29 is 22.7 Å². The average molecular weight is 500 g/mol. The molecule has 0 saturated heterocycles. The van der Waals surface area contributed by atoms with Gasteiger partial charge in [-0.15, -0.1) is 0 Å². The number of pyridine rings is 1. The molecule has 0 atom stereocenters. The standard InChI is InChI=1S/C23H23F3N8O2/c1-22(2)20(35)34-8-4-5-15-17(34)18(33(22)3)32-21(31-15)30-10-13-6-7-16(27-9-13)36-14-11-28-19(29-12-14)23(24,25)26/h6-7,9,11-12H,4-5,8,10H2,1-3H3,(H,30,31,32). The minimum Gasteiger partial charge on any atom is -0.436 e. The lowest BCUT2D eigenvalue weighted by atomic mass is 9.94. The number of nitrogens with one attached hydrogen (secondary N) is 1. The van der Waals surface area contributed by atoms with Crippen molar-refractivity contribution in [2.75, 3.05) is 28.7 Å². The van der Waals surface area contributed by atoms with Crippen molar-refractivity contribution in [1.82, 2.24) is 24.9 Å². The zero-order valence-corrected chi connectivity index (χ0v) is 19.8. The van der Waals surface area contributed by atoms with E-state index < -0.39 is 17.5 Å². The van der Waals surface area contributed by atoms with Gasteiger partial charge in [0, 0.05) is 32.4 Å². The van der Waals surface area contributed by atoms with Crippen LogP contribution >= 0.6 is 0 Å². The molecule has 2 aliphatic heterocycles. The molecule has 0 aliphatic carbocycles. The van der Waals surface area contributed by atoms with Gasteiger partial charge >= 0.3 is 6.18 Å². The summed E-state index contributed by atoms with van der Waals surface area (Å²) in [4.78, 5) is 36.7. The summed E-state index contributed by atoms with van der Waals surface area (Å²) < 4.78 is 43.2. The van der Waals surface area contributed by atoms with Gasteiger partial charge in [0.15, 0.2) is 11.6 Å². The maximum Gasteiger partial charge on any atom is 0.451 e. The van der Waals surface area contributed by atoms with Crippen LogP contribution in [-0.4, -0.2) is 50.0 Å². The molecule has 0 aromatic carbocycles. The molecule has 13 heteroatoms. The third-order valence-electron chi connectivity index (χ3n) is 6.28. The van der Waals surface area contributed by atoms with Crippen LogP contribution in [0.25, 0.3) is 0 Å². The number of likely N-dealkylation sites (N-methyl/N-ethyl adjacent to an activating group) is 1. The van der Waals surface area contributed by atoms with Crippen LogP contribution in [0.4, 0.5) is 30.6 Å². The molecule has 0 bridgehead atoms. The first-order chi connectivity index (χ1) is 17.0.